The molecule has 1 atom stereocenters. The second kappa shape index (κ2) is 8.61. The number of amides is 1. The monoisotopic (exact) mass is 382 g/mol. The van der Waals surface area contributed by atoms with Crippen molar-refractivity contribution < 1.29 is 22.4 Å². The van der Waals surface area contributed by atoms with Gasteiger partial charge in [-0.1, -0.05) is 13.5 Å². The van der Waals surface area contributed by atoms with Crippen LogP contribution in [-0.4, -0.2) is 15.9 Å². The predicted molar refractivity (Wildman–Crippen MR) is 93.2 cm³/mol. The van der Waals surface area contributed by atoms with E-state index in [0.29, 0.717) is 24.2 Å². The minimum atomic E-state index is -4.56. The van der Waals surface area contributed by atoms with Crippen LogP contribution in [0.3, 0.4) is 0 Å². The third-order valence-electron chi connectivity index (χ3n) is 3.70. The Morgan fingerprint density at radius 2 is 1.85 bits per heavy atom. The minimum absolute atomic E-state index is 0.0225. The Hall–Kier alpha value is -2.97. The quantitative estimate of drug-likeness (QED) is 0.686. The average Bonchev–Trinajstić information content (AvgIpc) is 2.61. The van der Waals surface area contributed by atoms with Crippen molar-refractivity contribution in [3.05, 3.63) is 60.4 Å². The Morgan fingerprint density at radius 1 is 1.19 bits per heavy atom. The van der Waals surface area contributed by atoms with Gasteiger partial charge in [-0.2, -0.15) is 13.2 Å². The zero-order valence-electron chi connectivity index (χ0n) is 14.5. The Bertz CT molecular complexity index is 806. The molecule has 1 amide bonds. The van der Waals surface area contributed by atoms with Crippen molar-refractivity contribution in [3.63, 3.8) is 0 Å². The lowest BCUT2D eigenvalue weighted by atomic mass is 10.0. The number of allylic oxidation sites excluding steroid dienone is 1. The van der Waals surface area contributed by atoms with Crippen LogP contribution < -0.4 is 10.6 Å². The molecule has 9 heteroatoms. The SMILES string of the molecule is C=C(CCC(C)C(=O)Nc1ccc(F)cc1)Nc1cc(C(F)(F)F)ncn1. The number of rotatable bonds is 7. The Labute approximate surface area is 153 Å². The molecule has 2 aromatic rings. The van der Waals surface area contributed by atoms with Crippen LogP contribution in [0.2, 0.25) is 0 Å². The van der Waals surface area contributed by atoms with Crippen LogP contribution in [0.1, 0.15) is 25.5 Å². The first kappa shape index (κ1) is 20.3. The summed E-state index contributed by atoms with van der Waals surface area (Å²) in [5, 5.41) is 5.35. The first-order valence-electron chi connectivity index (χ1n) is 8.05. The molecule has 0 saturated heterocycles. The van der Waals surface area contributed by atoms with Gasteiger partial charge in [-0.25, -0.2) is 14.4 Å². The van der Waals surface area contributed by atoms with Crippen molar-refractivity contribution in [2.75, 3.05) is 10.6 Å². The van der Waals surface area contributed by atoms with Crippen LogP contribution in [0.25, 0.3) is 0 Å². The van der Waals surface area contributed by atoms with Gasteiger partial charge in [0.15, 0.2) is 0 Å². The van der Waals surface area contributed by atoms with Crippen molar-refractivity contribution in [1.29, 1.82) is 0 Å². The third-order valence-corrected chi connectivity index (χ3v) is 3.70. The fraction of sp³-hybridized carbons (Fsp3) is 0.278. The highest BCUT2D eigenvalue weighted by molar-refractivity contribution is 5.92. The standard InChI is InChI=1S/C18H18F4N4O/c1-11(17(27)26-14-7-5-13(19)6-8-14)3-4-12(2)25-16-9-15(18(20,21)22)23-10-24-16/h5-11H,2-4H2,1H3,(H,26,27)(H,23,24,25). The molecule has 0 radical (unpaired) electrons. The first-order valence-corrected chi connectivity index (χ1v) is 8.05. The summed E-state index contributed by atoms with van der Waals surface area (Å²) < 4.78 is 50.8. The molecule has 27 heavy (non-hydrogen) atoms. The number of nitrogens with one attached hydrogen (secondary N) is 2. The maximum Gasteiger partial charge on any atom is 0.433 e. The second-order valence-electron chi connectivity index (χ2n) is 5.95. The van der Waals surface area contributed by atoms with E-state index < -0.39 is 17.7 Å². The van der Waals surface area contributed by atoms with Crippen molar-refractivity contribution in [2.24, 2.45) is 5.92 Å². The van der Waals surface area contributed by atoms with E-state index in [1.54, 1.807) is 6.92 Å². The lowest BCUT2D eigenvalue weighted by Gasteiger charge is -2.14. The molecule has 1 aromatic carbocycles. The van der Waals surface area contributed by atoms with Gasteiger partial charge >= 0.3 is 6.18 Å². The lowest BCUT2D eigenvalue weighted by molar-refractivity contribution is -0.141. The van der Waals surface area contributed by atoms with Crippen LogP contribution in [0.5, 0.6) is 0 Å². The van der Waals surface area contributed by atoms with Gasteiger partial charge in [0.2, 0.25) is 5.91 Å². The van der Waals surface area contributed by atoms with E-state index in [2.05, 4.69) is 27.2 Å². The van der Waals surface area contributed by atoms with E-state index in [-0.39, 0.29) is 17.6 Å². The molecule has 2 rings (SSSR count). The second-order valence-corrected chi connectivity index (χ2v) is 5.95. The van der Waals surface area contributed by atoms with E-state index in [1.807, 2.05) is 0 Å². The minimum Gasteiger partial charge on any atom is -0.344 e. The van der Waals surface area contributed by atoms with E-state index in [4.69, 9.17) is 0 Å². The summed E-state index contributed by atoms with van der Waals surface area (Å²) in [5.74, 6) is -1.06. The van der Waals surface area contributed by atoms with Gasteiger partial charge in [-0.15, -0.1) is 0 Å². The maximum atomic E-state index is 12.9. The molecular formula is C18H18F4N4O. The summed E-state index contributed by atoms with van der Waals surface area (Å²) in [6.07, 6.45) is -2.98. The highest BCUT2D eigenvalue weighted by atomic mass is 19.4. The van der Waals surface area contributed by atoms with Gasteiger partial charge in [-0.3, -0.25) is 4.79 Å². The van der Waals surface area contributed by atoms with Crippen molar-refractivity contribution in [3.8, 4) is 0 Å². The smallest absolute Gasteiger partial charge is 0.344 e. The summed E-state index contributed by atoms with van der Waals surface area (Å²) in [7, 11) is 0. The van der Waals surface area contributed by atoms with E-state index in [1.165, 1.54) is 24.3 Å². The number of benzene rings is 1. The lowest BCUT2D eigenvalue weighted by Crippen LogP contribution is -2.20. The van der Waals surface area contributed by atoms with Crippen molar-refractivity contribution in [2.45, 2.75) is 25.9 Å². The van der Waals surface area contributed by atoms with Crippen LogP contribution in [0.4, 0.5) is 29.1 Å². The van der Waals surface area contributed by atoms with Crippen LogP contribution in [0, 0.1) is 11.7 Å². The summed E-state index contributed by atoms with van der Waals surface area (Å²) in [5.41, 5.74) is -0.158. The summed E-state index contributed by atoms with van der Waals surface area (Å²) in [6, 6.07) is 6.17. The fourth-order valence-electron chi connectivity index (χ4n) is 2.14. The number of carbonyl (C=O) groups excluding carboxylic acids is 1. The summed E-state index contributed by atoms with van der Waals surface area (Å²) in [6.45, 7) is 5.45. The first-order chi connectivity index (χ1) is 12.6. The van der Waals surface area contributed by atoms with Gasteiger partial charge in [0, 0.05) is 23.4 Å². The molecule has 0 fully saturated rings. The van der Waals surface area contributed by atoms with Crippen LogP contribution >= 0.6 is 0 Å². The molecule has 0 aliphatic carbocycles. The molecular weight excluding hydrogens is 364 g/mol. The Balaban J connectivity index is 1.84. The van der Waals surface area contributed by atoms with E-state index in [9.17, 15) is 22.4 Å². The van der Waals surface area contributed by atoms with Crippen LogP contribution in [0.15, 0.2) is 48.9 Å². The number of halogens is 4. The van der Waals surface area contributed by atoms with E-state index in [0.717, 1.165) is 12.4 Å². The van der Waals surface area contributed by atoms with Gasteiger partial charge in [-0.05, 0) is 37.1 Å². The zero-order chi connectivity index (χ0) is 20.0. The average molecular weight is 382 g/mol. The molecule has 0 bridgehead atoms. The number of alkyl halides is 3. The molecule has 144 valence electrons. The molecule has 5 nitrogen and oxygen atoms in total. The number of nitrogens with zero attached hydrogens (tertiary/aromatic N) is 2. The number of aromatic nitrogens is 2. The molecule has 1 heterocycles. The molecule has 0 spiro atoms. The molecule has 0 aliphatic heterocycles. The molecule has 1 aromatic heterocycles. The number of carbonyl (C=O) groups is 1. The molecule has 0 saturated carbocycles. The Kier molecular flexibility index (Phi) is 6.49. The third kappa shape index (κ3) is 6.36. The summed E-state index contributed by atoms with van der Waals surface area (Å²) >= 11 is 0. The molecule has 0 aliphatic rings. The topological polar surface area (TPSA) is 66.9 Å². The number of anilines is 2. The highest BCUT2D eigenvalue weighted by Gasteiger charge is 2.32. The Morgan fingerprint density at radius 3 is 2.48 bits per heavy atom. The predicted octanol–water partition coefficient (Wildman–Crippen LogP) is 4.62. The number of hydrogen-bond acceptors (Lipinski definition) is 4. The van der Waals surface area contributed by atoms with Crippen molar-refractivity contribution >= 4 is 17.4 Å². The fourth-order valence-corrected chi connectivity index (χ4v) is 2.14. The summed E-state index contributed by atoms with van der Waals surface area (Å²) in [4.78, 5) is 19.0. The van der Waals surface area contributed by atoms with E-state index >= 15 is 0 Å². The maximum absolute atomic E-state index is 12.9. The normalized spacial score (nSPS) is 12.3. The van der Waals surface area contributed by atoms with Crippen molar-refractivity contribution in [1.82, 2.24) is 9.97 Å². The zero-order valence-corrected chi connectivity index (χ0v) is 14.5. The number of hydrogen-bond donors (Lipinski definition) is 2. The largest absolute Gasteiger partial charge is 0.433 e. The van der Waals surface area contributed by atoms with Crippen LogP contribution in [-0.2, 0) is 11.0 Å². The van der Waals surface area contributed by atoms with Gasteiger partial charge in [0.1, 0.15) is 23.7 Å². The molecule has 1 unspecified atom stereocenters. The highest BCUT2D eigenvalue weighted by Crippen LogP contribution is 2.28. The van der Waals surface area contributed by atoms with Gasteiger partial charge < -0.3 is 10.6 Å². The molecule has 2 N–H and O–H groups in total. The van der Waals surface area contributed by atoms with Gasteiger partial charge in [0.25, 0.3) is 0 Å². The van der Waals surface area contributed by atoms with Gasteiger partial charge in [0.05, 0.1) is 0 Å².